The zero-order valence-corrected chi connectivity index (χ0v) is 13.5. The summed E-state index contributed by atoms with van der Waals surface area (Å²) in [6, 6.07) is 4.56. The Morgan fingerprint density at radius 3 is 2.95 bits per heavy atom. The van der Waals surface area contributed by atoms with Crippen LogP contribution in [-0.4, -0.2) is 57.2 Å². The number of nitrogens with zero attached hydrogens (tertiary/aromatic N) is 1. The van der Waals surface area contributed by atoms with Gasteiger partial charge in [-0.25, -0.2) is 0 Å². The van der Waals surface area contributed by atoms with Crippen LogP contribution in [0.25, 0.3) is 0 Å². The summed E-state index contributed by atoms with van der Waals surface area (Å²) in [7, 11) is 1.66. The molecule has 0 aromatic carbocycles. The standard InChI is InChI=1S/C15H25N3O2S/c1-20-9-6-16-12-15(19)17-11-13(14-5-4-10-21-14)18-7-2-3-8-18/h4-5,10,13,16H,2-3,6-9,11-12H2,1H3,(H,17,19). The molecule has 118 valence electrons. The third kappa shape index (κ3) is 5.39. The van der Waals surface area contributed by atoms with Gasteiger partial charge in [-0.1, -0.05) is 6.07 Å². The molecule has 1 aliphatic rings. The van der Waals surface area contributed by atoms with Crippen molar-refractivity contribution in [3.63, 3.8) is 0 Å². The fourth-order valence-electron chi connectivity index (χ4n) is 2.59. The third-order valence-electron chi connectivity index (χ3n) is 3.71. The number of carbonyl (C=O) groups is 1. The first-order chi connectivity index (χ1) is 10.3. The minimum atomic E-state index is 0.0480. The molecule has 6 heteroatoms. The van der Waals surface area contributed by atoms with Crippen molar-refractivity contribution in [1.29, 1.82) is 0 Å². The van der Waals surface area contributed by atoms with E-state index in [4.69, 9.17) is 4.74 Å². The first-order valence-corrected chi connectivity index (χ1v) is 8.43. The van der Waals surface area contributed by atoms with Gasteiger partial charge in [0.05, 0.1) is 19.2 Å². The molecule has 2 heterocycles. The van der Waals surface area contributed by atoms with E-state index in [0.29, 0.717) is 32.3 Å². The van der Waals surface area contributed by atoms with E-state index in [1.807, 2.05) is 0 Å². The molecule has 1 unspecified atom stereocenters. The molecule has 1 fully saturated rings. The molecule has 2 N–H and O–H groups in total. The summed E-state index contributed by atoms with van der Waals surface area (Å²) < 4.78 is 4.94. The summed E-state index contributed by atoms with van der Waals surface area (Å²) in [5, 5.41) is 8.22. The number of ether oxygens (including phenoxy) is 1. The largest absolute Gasteiger partial charge is 0.383 e. The van der Waals surface area contributed by atoms with Gasteiger partial charge in [0.1, 0.15) is 0 Å². The van der Waals surface area contributed by atoms with Gasteiger partial charge in [-0.05, 0) is 37.4 Å². The van der Waals surface area contributed by atoms with Crippen LogP contribution in [0.15, 0.2) is 17.5 Å². The number of thiophene rings is 1. The Labute approximate surface area is 130 Å². The van der Waals surface area contributed by atoms with Crippen molar-refractivity contribution in [2.45, 2.75) is 18.9 Å². The summed E-state index contributed by atoms with van der Waals surface area (Å²) in [6.45, 7) is 4.62. The van der Waals surface area contributed by atoms with E-state index in [0.717, 1.165) is 13.1 Å². The monoisotopic (exact) mass is 311 g/mol. The lowest BCUT2D eigenvalue weighted by Gasteiger charge is -2.26. The maximum absolute atomic E-state index is 11.9. The number of likely N-dealkylation sites (tertiary alicyclic amines) is 1. The Morgan fingerprint density at radius 2 is 2.29 bits per heavy atom. The molecule has 1 saturated heterocycles. The molecule has 1 amide bonds. The van der Waals surface area contributed by atoms with Crippen molar-refractivity contribution in [2.24, 2.45) is 0 Å². The normalized spacial score (nSPS) is 17.0. The van der Waals surface area contributed by atoms with Crippen LogP contribution in [0, 0.1) is 0 Å². The van der Waals surface area contributed by atoms with Gasteiger partial charge in [0.2, 0.25) is 5.91 Å². The highest BCUT2D eigenvalue weighted by Crippen LogP contribution is 2.27. The number of nitrogens with one attached hydrogen (secondary N) is 2. The molecule has 21 heavy (non-hydrogen) atoms. The Kier molecular flexibility index (Phi) is 7.15. The highest BCUT2D eigenvalue weighted by Gasteiger charge is 2.24. The first-order valence-electron chi connectivity index (χ1n) is 7.55. The molecule has 5 nitrogen and oxygen atoms in total. The molecule has 0 saturated carbocycles. The predicted octanol–water partition coefficient (Wildman–Crippen LogP) is 1.24. The van der Waals surface area contributed by atoms with Crippen LogP contribution in [0.3, 0.4) is 0 Å². The molecular formula is C15H25N3O2S. The molecule has 0 radical (unpaired) electrons. The molecule has 1 aromatic rings. The summed E-state index contributed by atoms with van der Waals surface area (Å²) in [4.78, 5) is 15.7. The van der Waals surface area contributed by atoms with Gasteiger partial charge in [0.15, 0.2) is 0 Å². The maximum Gasteiger partial charge on any atom is 0.234 e. The molecule has 1 aromatic heterocycles. The van der Waals surface area contributed by atoms with Crippen molar-refractivity contribution in [3.8, 4) is 0 Å². The molecular weight excluding hydrogens is 286 g/mol. The molecule has 0 spiro atoms. The van der Waals surface area contributed by atoms with Gasteiger partial charge in [-0.3, -0.25) is 9.69 Å². The summed E-state index contributed by atoms with van der Waals surface area (Å²) in [5.41, 5.74) is 0. The van der Waals surface area contributed by atoms with Gasteiger partial charge >= 0.3 is 0 Å². The maximum atomic E-state index is 11.9. The molecule has 1 aliphatic heterocycles. The van der Waals surface area contributed by atoms with Crippen molar-refractivity contribution < 1.29 is 9.53 Å². The second-order valence-corrected chi connectivity index (χ2v) is 6.23. The summed E-state index contributed by atoms with van der Waals surface area (Å²) in [6.07, 6.45) is 2.52. The average Bonchev–Trinajstić information content (AvgIpc) is 3.17. The second kappa shape index (κ2) is 9.15. The van der Waals surface area contributed by atoms with Crippen LogP contribution >= 0.6 is 11.3 Å². The lowest BCUT2D eigenvalue weighted by molar-refractivity contribution is -0.120. The lowest BCUT2D eigenvalue weighted by atomic mass is 10.2. The minimum absolute atomic E-state index is 0.0480. The highest BCUT2D eigenvalue weighted by molar-refractivity contribution is 7.10. The third-order valence-corrected chi connectivity index (χ3v) is 4.69. The van der Waals surface area contributed by atoms with Crippen molar-refractivity contribution in [2.75, 3.05) is 46.4 Å². The van der Waals surface area contributed by atoms with Crippen LogP contribution in [0.4, 0.5) is 0 Å². The van der Waals surface area contributed by atoms with E-state index >= 15 is 0 Å². The van der Waals surface area contributed by atoms with Crippen LogP contribution in [0.2, 0.25) is 0 Å². The van der Waals surface area contributed by atoms with Crippen molar-refractivity contribution in [1.82, 2.24) is 15.5 Å². The summed E-state index contributed by atoms with van der Waals surface area (Å²) >= 11 is 1.77. The quantitative estimate of drug-likeness (QED) is 0.674. The number of hydrogen-bond donors (Lipinski definition) is 2. The number of rotatable bonds is 9. The van der Waals surface area contributed by atoms with Gasteiger partial charge in [-0.2, -0.15) is 0 Å². The number of carbonyl (C=O) groups excluding carboxylic acids is 1. The van der Waals surface area contributed by atoms with Crippen LogP contribution in [0.5, 0.6) is 0 Å². The Morgan fingerprint density at radius 1 is 1.48 bits per heavy atom. The van der Waals surface area contributed by atoms with E-state index in [1.54, 1.807) is 18.4 Å². The molecule has 0 bridgehead atoms. The fraction of sp³-hybridized carbons (Fsp3) is 0.667. The molecule has 0 aliphatic carbocycles. The van der Waals surface area contributed by atoms with Crippen molar-refractivity contribution in [3.05, 3.63) is 22.4 Å². The Balaban J connectivity index is 1.78. The predicted molar refractivity (Wildman–Crippen MR) is 85.6 cm³/mol. The molecule has 1 atom stereocenters. The van der Waals surface area contributed by atoms with E-state index in [1.165, 1.54) is 17.7 Å². The topological polar surface area (TPSA) is 53.6 Å². The minimum Gasteiger partial charge on any atom is -0.383 e. The zero-order chi connectivity index (χ0) is 14.9. The van der Waals surface area contributed by atoms with Crippen LogP contribution in [0.1, 0.15) is 23.8 Å². The Hall–Kier alpha value is -0.950. The van der Waals surface area contributed by atoms with E-state index < -0.39 is 0 Å². The Bertz CT molecular complexity index is 405. The van der Waals surface area contributed by atoms with E-state index in [9.17, 15) is 4.79 Å². The van der Waals surface area contributed by atoms with Gasteiger partial charge in [-0.15, -0.1) is 11.3 Å². The van der Waals surface area contributed by atoms with Crippen LogP contribution in [-0.2, 0) is 9.53 Å². The van der Waals surface area contributed by atoms with Gasteiger partial charge in [0.25, 0.3) is 0 Å². The highest BCUT2D eigenvalue weighted by atomic mass is 32.1. The van der Waals surface area contributed by atoms with Crippen LogP contribution < -0.4 is 10.6 Å². The van der Waals surface area contributed by atoms with Gasteiger partial charge < -0.3 is 15.4 Å². The smallest absolute Gasteiger partial charge is 0.234 e. The van der Waals surface area contributed by atoms with Gasteiger partial charge in [0, 0.05) is 25.1 Å². The lowest BCUT2D eigenvalue weighted by Crippen LogP contribution is -2.40. The first kappa shape index (κ1) is 16.4. The summed E-state index contributed by atoms with van der Waals surface area (Å²) in [5.74, 6) is 0.0480. The zero-order valence-electron chi connectivity index (χ0n) is 12.6. The van der Waals surface area contributed by atoms with E-state index in [2.05, 4.69) is 33.0 Å². The second-order valence-electron chi connectivity index (χ2n) is 5.25. The average molecular weight is 311 g/mol. The number of methoxy groups -OCH3 is 1. The molecule has 2 rings (SSSR count). The van der Waals surface area contributed by atoms with Crippen molar-refractivity contribution >= 4 is 17.2 Å². The fourth-order valence-corrected chi connectivity index (χ4v) is 3.45. The van der Waals surface area contributed by atoms with E-state index in [-0.39, 0.29) is 5.91 Å². The number of hydrogen-bond acceptors (Lipinski definition) is 5. The SMILES string of the molecule is COCCNCC(=O)NCC(c1cccs1)N1CCCC1. The number of amides is 1.